The minimum atomic E-state index is -0.320. The number of amides is 2. The van der Waals surface area contributed by atoms with E-state index in [1.807, 2.05) is 0 Å². The molecule has 7 nitrogen and oxygen atoms in total. The molecule has 23 heavy (non-hydrogen) atoms. The smallest absolute Gasteiger partial charge is 0.274 e. The highest BCUT2D eigenvalue weighted by molar-refractivity contribution is 5.94. The normalized spacial score (nSPS) is 9.70. The highest BCUT2D eigenvalue weighted by Gasteiger charge is 2.08. The molecule has 1 aromatic heterocycles. The standard InChI is InChI=1S/C16H17N5O2/c1-20(2)16(23)13-8-6-12(7-9-13)5-4-10-17-15(22)14-11-21(3)19-18-14/h6-9,11H,10H2,1-3H3,(H,17,22). The van der Waals surface area contributed by atoms with Crippen LogP contribution in [0, 0.1) is 11.8 Å². The summed E-state index contributed by atoms with van der Waals surface area (Å²) in [6.07, 6.45) is 1.53. The first kappa shape index (κ1) is 16.2. The van der Waals surface area contributed by atoms with Gasteiger partial charge in [0.2, 0.25) is 0 Å². The van der Waals surface area contributed by atoms with Crippen LogP contribution in [0.3, 0.4) is 0 Å². The van der Waals surface area contributed by atoms with Crippen molar-refractivity contribution < 1.29 is 9.59 Å². The van der Waals surface area contributed by atoms with Crippen molar-refractivity contribution in [2.45, 2.75) is 0 Å². The molecule has 0 saturated heterocycles. The van der Waals surface area contributed by atoms with Crippen LogP contribution in [0.2, 0.25) is 0 Å². The molecule has 2 aromatic rings. The Bertz CT molecular complexity index is 766. The van der Waals surface area contributed by atoms with Crippen molar-refractivity contribution in [3.63, 3.8) is 0 Å². The van der Waals surface area contributed by atoms with Gasteiger partial charge in [0.25, 0.3) is 11.8 Å². The molecule has 0 saturated carbocycles. The van der Waals surface area contributed by atoms with E-state index in [4.69, 9.17) is 0 Å². The number of aryl methyl sites for hydroxylation is 1. The van der Waals surface area contributed by atoms with E-state index in [2.05, 4.69) is 27.5 Å². The number of nitrogens with one attached hydrogen (secondary N) is 1. The van der Waals surface area contributed by atoms with Gasteiger partial charge in [-0.15, -0.1) is 5.10 Å². The minimum Gasteiger partial charge on any atom is -0.345 e. The molecule has 0 unspecified atom stereocenters. The molecular formula is C16H17N5O2. The van der Waals surface area contributed by atoms with Crippen LogP contribution in [-0.2, 0) is 7.05 Å². The highest BCUT2D eigenvalue weighted by Crippen LogP contribution is 2.05. The molecule has 7 heteroatoms. The summed E-state index contributed by atoms with van der Waals surface area (Å²) in [6, 6.07) is 7.00. The van der Waals surface area contributed by atoms with Gasteiger partial charge in [0.15, 0.2) is 5.69 Å². The van der Waals surface area contributed by atoms with E-state index in [-0.39, 0.29) is 24.1 Å². The van der Waals surface area contributed by atoms with E-state index >= 15 is 0 Å². The van der Waals surface area contributed by atoms with Gasteiger partial charge in [-0.2, -0.15) is 0 Å². The lowest BCUT2D eigenvalue weighted by atomic mass is 10.1. The van der Waals surface area contributed by atoms with Crippen LogP contribution in [0.4, 0.5) is 0 Å². The Morgan fingerprint density at radius 2 is 1.96 bits per heavy atom. The molecule has 118 valence electrons. The van der Waals surface area contributed by atoms with E-state index in [9.17, 15) is 9.59 Å². The van der Waals surface area contributed by atoms with Gasteiger partial charge in [-0.05, 0) is 24.3 Å². The molecule has 2 rings (SSSR count). The molecule has 0 radical (unpaired) electrons. The number of nitrogens with zero attached hydrogens (tertiary/aromatic N) is 4. The van der Waals surface area contributed by atoms with Gasteiger partial charge in [0, 0.05) is 32.3 Å². The second-order valence-corrected chi connectivity index (χ2v) is 5.04. The predicted molar refractivity (Wildman–Crippen MR) is 84.7 cm³/mol. The van der Waals surface area contributed by atoms with Crippen LogP contribution in [0.25, 0.3) is 0 Å². The quantitative estimate of drug-likeness (QED) is 0.827. The summed E-state index contributed by atoms with van der Waals surface area (Å²) in [5, 5.41) is 10.0. The van der Waals surface area contributed by atoms with Gasteiger partial charge in [0.1, 0.15) is 0 Å². The van der Waals surface area contributed by atoms with E-state index in [1.165, 1.54) is 15.8 Å². The average molecular weight is 311 g/mol. The Morgan fingerprint density at radius 3 is 2.52 bits per heavy atom. The second kappa shape index (κ2) is 7.22. The predicted octanol–water partition coefficient (Wildman–Crippen LogP) is 0.298. The first-order chi connectivity index (χ1) is 11.0. The molecule has 0 spiro atoms. The molecule has 0 fully saturated rings. The minimum absolute atomic E-state index is 0.0549. The summed E-state index contributed by atoms with van der Waals surface area (Å²) in [6.45, 7) is 0.202. The van der Waals surface area contributed by atoms with Gasteiger partial charge in [-0.3, -0.25) is 14.3 Å². The van der Waals surface area contributed by atoms with Crippen LogP contribution in [0.15, 0.2) is 30.5 Å². The van der Waals surface area contributed by atoms with Crippen molar-refractivity contribution in [3.8, 4) is 11.8 Å². The first-order valence-corrected chi connectivity index (χ1v) is 6.92. The first-order valence-electron chi connectivity index (χ1n) is 6.92. The lowest BCUT2D eigenvalue weighted by Crippen LogP contribution is -2.24. The monoisotopic (exact) mass is 311 g/mol. The fourth-order valence-corrected chi connectivity index (χ4v) is 1.77. The van der Waals surface area contributed by atoms with Crippen molar-refractivity contribution in [2.75, 3.05) is 20.6 Å². The third-order valence-corrected chi connectivity index (χ3v) is 2.94. The number of hydrogen-bond donors (Lipinski definition) is 1. The fraction of sp³-hybridized carbons (Fsp3) is 0.250. The lowest BCUT2D eigenvalue weighted by molar-refractivity contribution is 0.0827. The van der Waals surface area contributed by atoms with Crippen LogP contribution in [0.1, 0.15) is 26.4 Å². The zero-order valence-corrected chi connectivity index (χ0v) is 13.2. The summed E-state index contributed by atoms with van der Waals surface area (Å²) < 4.78 is 1.46. The van der Waals surface area contributed by atoms with Gasteiger partial charge < -0.3 is 10.2 Å². The number of aromatic nitrogens is 3. The highest BCUT2D eigenvalue weighted by atomic mass is 16.2. The summed E-state index contributed by atoms with van der Waals surface area (Å²) in [5.41, 5.74) is 1.63. The fourth-order valence-electron chi connectivity index (χ4n) is 1.77. The second-order valence-electron chi connectivity index (χ2n) is 5.04. The van der Waals surface area contributed by atoms with Gasteiger partial charge in [-0.25, -0.2) is 0 Å². The van der Waals surface area contributed by atoms with Crippen LogP contribution < -0.4 is 5.32 Å². The number of benzene rings is 1. The summed E-state index contributed by atoms with van der Waals surface area (Å²) in [5.74, 6) is 5.39. The van der Waals surface area contributed by atoms with Crippen molar-refractivity contribution in [3.05, 3.63) is 47.3 Å². The molecular weight excluding hydrogens is 294 g/mol. The molecule has 0 aliphatic heterocycles. The Balaban J connectivity index is 1.90. The topological polar surface area (TPSA) is 80.1 Å². The summed E-state index contributed by atoms with van der Waals surface area (Å²) in [4.78, 5) is 25.0. The summed E-state index contributed by atoms with van der Waals surface area (Å²) >= 11 is 0. The number of hydrogen-bond acceptors (Lipinski definition) is 4. The van der Waals surface area contributed by atoms with Gasteiger partial charge in [-0.1, -0.05) is 17.1 Å². The summed E-state index contributed by atoms with van der Waals surface area (Å²) in [7, 11) is 5.10. The maximum absolute atomic E-state index is 11.8. The SMILES string of the molecule is CN(C)C(=O)c1ccc(C#CCNC(=O)c2cn(C)nn2)cc1. The van der Waals surface area contributed by atoms with Crippen LogP contribution >= 0.6 is 0 Å². The molecule has 1 heterocycles. The van der Waals surface area contributed by atoms with Crippen molar-refractivity contribution in [1.29, 1.82) is 0 Å². The number of carbonyl (C=O) groups is 2. The molecule has 0 aliphatic rings. The van der Waals surface area contributed by atoms with E-state index in [0.29, 0.717) is 5.56 Å². The Labute approximate surface area is 134 Å². The third kappa shape index (κ3) is 4.41. The van der Waals surface area contributed by atoms with Crippen LogP contribution in [-0.4, -0.2) is 52.3 Å². The maximum Gasteiger partial charge on any atom is 0.274 e. The zero-order chi connectivity index (χ0) is 16.8. The average Bonchev–Trinajstić information content (AvgIpc) is 2.97. The van der Waals surface area contributed by atoms with E-state index in [0.717, 1.165) is 5.56 Å². The molecule has 0 aliphatic carbocycles. The van der Waals surface area contributed by atoms with E-state index in [1.54, 1.807) is 45.4 Å². The Hall–Kier alpha value is -3.14. The van der Waals surface area contributed by atoms with E-state index < -0.39 is 0 Å². The third-order valence-electron chi connectivity index (χ3n) is 2.94. The Morgan fingerprint density at radius 1 is 1.26 bits per heavy atom. The number of rotatable bonds is 3. The zero-order valence-electron chi connectivity index (χ0n) is 13.2. The van der Waals surface area contributed by atoms with Gasteiger partial charge in [0.05, 0.1) is 12.7 Å². The molecule has 0 atom stereocenters. The lowest BCUT2D eigenvalue weighted by Gasteiger charge is -2.09. The molecule has 1 N–H and O–H groups in total. The van der Waals surface area contributed by atoms with Gasteiger partial charge >= 0.3 is 0 Å². The largest absolute Gasteiger partial charge is 0.345 e. The number of carbonyl (C=O) groups excluding carboxylic acids is 2. The molecule has 0 bridgehead atoms. The maximum atomic E-state index is 11.8. The molecule has 1 aromatic carbocycles. The molecule has 2 amide bonds. The van der Waals surface area contributed by atoms with Crippen LogP contribution in [0.5, 0.6) is 0 Å². The Kier molecular flexibility index (Phi) is 5.10. The van der Waals surface area contributed by atoms with Crippen molar-refractivity contribution >= 4 is 11.8 Å². The van der Waals surface area contributed by atoms with Crippen molar-refractivity contribution in [1.82, 2.24) is 25.2 Å². The van der Waals surface area contributed by atoms with Crippen molar-refractivity contribution in [2.24, 2.45) is 7.05 Å².